The predicted molar refractivity (Wildman–Crippen MR) is 101 cm³/mol. The maximum atomic E-state index is 12.2. The van der Waals surface area contributed by atoms with E-state index < -0.39 is 0 Å². The summed E-state index contributed by atoms with van der Waals surface area (Å²) in [6.45, 7) is 3.92. The lowest BCUT2D eigenvalue weighted by molar-refractivity contribution is 0.102. The topological polar surface area (TPSA) is 66.9 Å². The Balaban J connectivity index is 1.68. The fraction of sp³-hybridized carbons (Fsp3) is 0.105. The highest BCUT2D eigenvalue weighted by molar-refractivity contribution is 6.31. The summed E-state index contributed by atoms with van der Waals surface area (Å²) in [6, 6.07) is 13.3. The van der Waals surface area contributed by atoms with Crippen molar-refractivity contribution in [2.75, 3.05) is 10.6 Å². The summed E-state index contributed by atoms with van der Waals surface area (Å²) < 4.78 is 0. The van der Waals surface area contributed by atoms with Gasteiger partial charge in [0.15, 0.2) is 0 Å². The minimum Gasteiger partial charge on any atom is -0.339 e. The second-order valence-corrected chi connectivity index (χ2v) is 6.11. The number of hydrogen-bond acceptors (Lipinski definition) is 4. The zero-order chi connectivity index (χ0) is 17.8. The van der Waals surface area contributed by atoms with Crippen molar-refractivity contribution < 1.29 is 4.79 Å². The van der Waals surface area contributed by atoms with Crippen LogP contribution in [0.5, 0.6) is 0 Å². The van der Waals surface area contributed by atoms with E-state index in [1.807, 2.05) is 44.2 Å². The molecule has 0 radical (unpaired) electrons. The zero-order valence-electron chi connectivity index (χ0n) is 13.9. The Morgan fingerprint density at radius 2 is 1.84 bits per heavy atom. The van der Waals surface area contributed by atoms with Crippen LogP contribution in [0.1, 0.15) is 21.6 Å². The molecule has 0 aliphatic rings. The fourth-order valence-electron chi connectivity index (χ4n) is 2.25. The fourth-order valence-corrected chi connectivity index (χ4v) is 2.43. The number of carbonyl (C=O) groups excluding carboxylic acids is 1. The van der Waals surface area contributed by atoms with Gasteiger partial charge in [0.2, 0.25) is 0 Å². The van der Waals surface area contributed by atoms with Crippen LogP contribution in [0.4, 0.5) is 17.2 Å². The highest BCUT2D eigenvalue weighted by Crippen LogP contribution is 2.20. The van der Waals surface area contributed by atoms with E-state index in [1.165, 1.54) is 12.4 Å². The molecule has 1 heterocycles. The largest absolute Gasteiger partial charge is 0.339 e. The van der Waals surface area contributed by atoms with E-state index in [9.17, 15) is 4.79 Å². The minimum atomic E-state index is -0.338. The molecule has 0 spiro atoms. The van der Waals surface area contributed by atoms with Crippen LogP contribution in [-0.2, 0) is 0 Å². The molecule has 2 aromatic carbocycles. The first-order valence-electron chi connectivity index (χ1n) is 7.74. The Morgan fingerprint density at radius 1 is 1.00 bits per heavy atom. The van der Waals surface area contributed by atoms with E-state index in [-0.39, 0.29) is 11.6 Å². The van der Waals surface area contributed by atoms with E-state index in [2.05, 4.69) is 20.6 Å². The average molecular weight is 353 g/mol. The van der Waals surface area contributed by atoms with E-state index in [1.54, 1.807) is 12.1 Å². The molecule has 3 aromatic rings. The van der Waals surface area contributed by atoms with Crippen LogP contribution in [0.15, 0.2) is 54.9 Å². The lowest BCUT2D eigenvalue weighted by Gasteiger charge is -2.08. The molecule has 1 amide bonds. The van der Waals surface area contributed by atoms with Gasteiger partial charge in [-0.25, -0.2) is 9.97 Å². The van der Waals surface area contributed by atoms with Gasteiger partial charge >= 0.3 is 0 Å². The molecule has 0 unspecified atom stereocenters. The van der Waals surface area contributed by atoms with Crippen molar-refractivity contribution in [1.82, 2.24) is 9.97 Å². The highest BCUT2D eigenvalue weighted by atomic mass is 35.5. The van der Waals surface area contributed by atoms with Gasteiger partial charge in [0.25, 0.3) is 5.91 Å². The number of aryl methyl sites for hydroxylation is 2. The normalized spacial score (nSPS) is 10.4. The van der Waals surface area contributed by atoms with Crippen molar-refractivity contribution in [1.29, 1.82) is 0 Å². The van der Waals surface area contributed by atoms with Gasteiger partial charge in [0.05, 0.1) is 12.4 Å². The van der Waals surface area contributed by atoms with E-state index >= 15 is 0 Å². The summed E-state index contributed by atoms with van der Waals surface area (Å²) in [5, 5.41) is 6.51. The molecule has 2 N–H and O–H groups in total. The number of rotatable bonds is 4. The first-order chi connectivity index (χ1) is 12.0. The second-order valence-electron chi connectivity index (χ2n) is 5.70. The van der Waals surface area contributed by atoms with Crippen molar-refractivity contribution in [3.63, 3.8) is 0 Å². The van der Waals surface area contributed by atoms with Gasteiger partial charge in [-0.15, -0.1) is 0 Å². The molecule has 0 aliphatic heterocycles. The molecule has 3 rings (SSSR count). The van der Waals surface area contributed by atoms with Crippen molar-refractivity contribution >= 4 is 34.7 Å². The van der Waals surface area contributed by atoms with Crippen LogP contribution in [-0.4, -0.2) is 15.9 Å². The number of amides is 1. The Morgan fingerprint density at radius 3 is 2.52 bits per heavy atom. The van der Waals surface area contributed by atoms with E-state index in [4.69, 9.17) is 11.6 Å². The molecule has 0 aliphatic carbocycles. The summed E-state index contributed by atoms with van der Waals surface area (Å²) in [4.78, 5) is 20.6. The number of benzene rings is 2. The van der Waals surface area contributed by atoms with Gasteiger partial charge in [-0.1, -0.05) is 29.8 Å². The van der Waals surface area contributed by atoms with Crippen molar-refractivity contribution in [2.24, 2.45) is 0 Å². The van der Waals surface area contributed by atoms with Crippen LogP contribution >= 0.6 is 11.6 Å². The van der Waals surface area contributed by atoms with Crippen LogP contribution < -0.4 is 10.6 Å². The number of anilines is 3. The minimum absolute atomic E-state index is 0.228. The van der Waals surface area contributed by atoms with Crippen LogP contribution in [0.25, 0.3) is 0 Å². The maximum absolute atomic E-state index is 12.2. The molecule has 126 valence electrons. The number of aromatic nitrogens is 2. The Bertz CT molecular complexity index is 910. The summed E-state index contributed by atoms with van der Waals surface area (Å²) >= 11 is 6.06. The molecule has 0 fully saturated rings. The molecule has 0 bridgehead atoms. The lowest BCUT2D eigenvalue weighted by Crippen LogP contribution is -2.14. The van der Waals surface area contributed by atoms with Gasteiger partial charge in [-0.2, -0.15) is 0 Å². The van der Waals surface area contributed by atoms with Crippen molar-refractivity contribution in [3.05, 3.63) is 76.7 Å². The SMILES string of the molecule is Cc1cccc(Nc2cnc(C(=O)Nc3ccc(C)c(Cl)c3)cn2)c1. The molecule has 5 nitrogen and oxygen atoms in total. The zero-order valence-corrected chi connectivity index (χ0v) is 14.6. The number of nitrogens with one attached hydrogen (secondary N) is 2. The molecule has 25 heavy (non-hydrogen) atoms. The Labute approximate surface area is 151 Å². The van der Waals surface area contributed by atoms with Gasteiger partial charge in [0.1, 0.15) is 11.5 Å². The number of nitrogens with zero attached hydrogens (tertiary/aromatic N) is 2. The smallest absolute Gasteiger partial charge is 0.275 e. The second kappa shape index (κ2) is 7.32. The number of halogens is 1. The molecule has 0 saturated heterocycles. The number of hydrogen-bond donors (Lipinski definition) is 2. The van der Waals surface area contributed by atoms with Crippen molar-refractivity contribution in [3.8, 4) is 0 Å². The molecule has 6 heteroatoms. The Hall–Kier alpha value is -2.92. The van der Waals surface area contributed by atoms with Crippen LogP contribution in [0, 0.1) is 13.8 Å². The third-order valence-corrected chi connectivity index (χ3v) is 4.01. The molecule has 0 atom stereocenters. The molecular formula is C19H17ClN4O. The lowest BCUT2D eigenvalue weighted by atomic mass is 10.2. The van der Waals surface area contributed by atoms with Gasteiger partial charge < -0.3 is 10.6 Å². The first-order valence-corrected chi connectivity index (χ1v) is 8.12. The van der Waals surface area contributed by atoms with Gasteiger partial charge in [-0.05, 0) is 49.2 Å². The predicted octanol–water partition coefficient (Wildman–Crippen LogP) is 4.74. The van der Waals surface area contributed by atoms with Gasteiger partial charge in [-0.3, -0.25) is 4.79 Å². The summed E-state index contributed by atoms with van der Waals surface area (Å²) in [7, 11) is 0. The standard InChI is InChI=1S/C19H17ClN4O/c1-12-4-3-5-14(8-12)23-18-11-21-17(10-22-18)19(25)24-15-7-6-13(2)16(20)9-15/h3-11H,1-2H3,(H,22,23)(H,24,25). The third kappa shape index (κ3) is 4.33. The van der Waals surface area contributed by atoms with E-state index in [0.717, 1.165) is 16.8 Å². The highest BCUT2D eigenvalue weighted by Gasteiger charge is 2.09. The summed E-state index contributed by atoms with van der Waals surface area (Å²) in [5.41, 5.74) is 3.85. The van der Waals surface area contributed by atoms with Crippen molar-refractivity contribution in [2.45, 2.75) is 13.8 Å². The third-order valence-electron chi connectivity index (χ3n) is 3.60. The van der Waals surface area contributed by atoms with E-state index in [0.29, 0.717) is 16.5 Å². The summed E-state index contributed by atoms with van der Waals surface area (Å²) in [6.07, 6.45) is 2.96. The molecule has 1 aromatic heterocycles. The van der Waals surface area contributed by atoms with Crippen LogP contribution in [0.3, 0.4) is 0 Å². The Kier molecular flexibility index (Phi) is 4.95. The maximum Gasteiger partial charge on any atom is 0.275 e. The average Bonchev–Trinajstić information content (AvgIpc) is 2.59. The number of carbonyl (C=O) groups is 1. The quantitative estimate of drug-likeness (QED) is 0.711. The monoisotopic (exact) mass is 352 g/mol. The summed E-state index contributed by atoms with van der Waals surface area (Å²) in [5.74, 6) is 0.232. The molecule has 0 saturated carbocycles. The van der Waals surface area contributed by atoms with Gasteiger partial charge in [0, 0.05) is 16.4 Å². The molecular weight excluding hydrogens is 336 g/mol. The first kappa shape index (κ1) is 16.9. The van der Waals surface area contributed by atoms with Crippen LogP contribution in [0.2, 0.25) is 5.02 Å².